The quantitative estimate of drug-likeness (QED) is 0.414. The average Bonchev–Trinajstić information content (AvgIpc) is 2.83. The highest BCUT2D eigenvalue weighted by molar-refractivity contribution is 8.00. The molecule has 1 aliphatic carbocycles. The predicted octanol–water partition coefficient (Wildman–Crippen LogP) is 3.75. The van der Waals surface area contributed by atoms with E-state index < -0.39 is 0 Å². The highest BCUT2D eigenvalue weighted by Crippen LogP contribution is 2.26. The summed E-state index contributed by atoms with van der Waals surface area (Å²) in [7, 11) is 0. The molecule has 1 atom stereocenters. The Morgan fingerprint density at radius 3 is 2.66 bits per heavy atom. The Labute approximate surface area is 192 Å². The summed E-state index contributed by atoms with van der Waals surface area (Å²) in [6.45, 7) is 2.46. The summed E-state index contributed by atoms with van der Waals surface area (Å²) >= 11 is 1.35. The van der Waals surface area contributed by atoms with E-state index in [1.807, 2.05) is 37.3 Å². The van der Waals surface area contributed by atoms with Gasteiger partial charge in [-0.15, -0.1) is 0 Å². The van der Waals surface area contributed by atoms with Gasteiger partial charge in [-0.25, -0.2) is 15.0 Å². The zero-order chi connectivity index (χ0) is 22.3. The smallest absolute Gasteiger partial charge is 0.282 e. The molecule has 1 N–H and O–H groups in total. The highest BCUT2D eigenvalue weighted by atomic mass is 32.2. The maximum atomic E-state index is 13.2. The normalized spacial score (nSPS) is 15.5. The molecule has 1 aromatic carbocycles. The largest absolute Gasteiger partial charge is 0.352 e. The number of benzene rings is 1. The van der Waals surface area contributed by atoms with Crippen molar-refractivity contribution in [3.8, 4) is 0 Å². The first-order chi connectivity index (χ1) is 15.7. The highest BCUT2D eigenvalue weighted by Gasteiger charge is 2.25. The van der Waals surface area contributed by atoms with Crippen molar-refractivity contribution in [2.45, 2.75) is 74.9 Å². The Morgan fingerprint density at radius 2 is 1.91 bits per heavy atom. The summed E-state index contributed by atoms with van der Waals surface area (Å²) in [6, 6.07) is 10.3. The van der Waals surface area contributed by atoms with Crippen molar-refractivity contribution in [2.24, 2.45) is 0 Å². The minimum absolute atomic E-state index is 0.0208. The Kier molecular flexibility index (Phi) is 7.52. The number of nitrogens with zero attached hydrogens (tertiary/aromatic N) is 4. The van der Waals surface area contributed by atoms with Gasteiger partial charge >= 0.3 is 0 Å². The van der Waals surface area contributed by atoms with E-state index in [0.29, 0.717) is 30.2 Å². The Morgan fingerprint density at radius 1 is 1.16 bits per heavy atom. The van der Waals surface area contributed by atoms with E-state index in [1.54, 1.807) is 4.57 Å². The van der Waals surface area contributed by atoms with E-state index in [-0.39, 0.29) is 28.3 Å². The van der Waals surface area contributed by atoms with Crippen LogP contribution in [0.15, 0.2) is 52.7 Å². The molecule has 3 aromatic rings. The van der Waals surface area contributed by atoms with Gasteiger partial charge in [-0.3, -0.25) is 14.2 Å². The fraction of sp³-hybridized carbons (Fsp3) is 0.458. The molecule has 8 heteroatoms. The number of aryl methyl sites for hydroxylation is 1. The zero-order valence-corrected chi connectivity index (χ0v) is 19.2. The molecule has 2 aromatic heterocycles. The number of fused-ring (bicyclic) bond motifs is 1. The molecule has 0 radical (unpaired) electrons. The fourth-order valence-corrected chi connectivity index (χ4v) is 5.13. The number of rotatable bonds is 8. The van der Waals surface area contributed by atoms with E-state index in [1.165, 1.54) is 43.4 Å². The third-order valence-electron chi connectivity index (χ3n) is 5.89. The van der Waals surface area contributed by atoms with E-state index in [2.05, 4.69) is 20.3 Å². The topological polar surface area (TPSA) is 89.8 Å². The van der Waals surface area contributed by atoms with Crippen molar-refractivity contribution >= 4 is 28.8 Å². The maximum absolute atomic E-state index is 13.2. The van der Waals surface area contributed by atoms with Crippen molar-refractivity contribution in [2.75, 3.05) is 0 Å². The summed E-state index contributed by atoms with van der Waals surface area (Å²) in [4.78, 5) is 39.3. The van der Waals surface area contributed by atoms with Gasteiger partial charge in [0.25, 0.3) is 5.56 Å². The van der Waals surface area contributed by atoms with Crippen LogP contribution in [0.2, 0.25) is 0 Å². The molecule has 168 valence electrons. The summed E-state index contributed by atoms with van der Waals surface area (Å²) in [5.41, 5.74) is 1.49. The first-order valence-electron chi connectivity index (χ1n) is 11.4. The number of carbonyl (C=O) groups excluding carboxylic acids is 1. The van der Waals surface area contributed by atoms with E-state index >= 15 is 0 Å². The molecule has 0 unspecified atom stereocenters. The first kappa shape index (κ1) is 22.5. The molecule has 1 aliphatic rings. The van der Waals surface area contributed by atoms with E-state index in [4.69, 9.17) is 0 Å². The number of hydrogen-bond acceptors (Lipinski definition) is 6. The molecule has 2 heterocycles. The molecular weight excluding hydrogens is 422 g/mol. The van der Waals surface area contributed by atoms with Gasteiger partial charge in [0.05, 0.1) is 5.25 Å². The van der Waals surface area contributed by atoms with Crippen LogP contribution in [-0.4, -0.2) is 36.7 Å². The maximum Gasteiger partial charge on any atom is 0.282 e. The first-order valence-corrected chi connectivity index (χ1v) is 12.3. The fourth-order valence-electron chi connectivity index (χ4n) is 4.09. The van der Waals surface area contributed by atoms with Crippen LogP contribution in [0.25, 0.3) is 11.2 Å². The Hall–Kier alpha value is -2.74. The van der Waals surface area contributed by atoms with Gasteiger partial charge in [-0.05, 0) is 31.2 Å². The molecule has 7 nitrogen and oxygen atoms in total. The molecule has 0 bridgehead atoms. The second-order valence-electron chi connectivity index (χ2n) is 8.17. The van der Waals surface area contributed by atoms with Gasteiger partial charge in [-0.2, -0.15) is 0 Å². The lowest BCUT2D eigenvalue weighted by Gasteiger charge is -2.25. The molecule has 0 spiro atoms. The summed E-state index contributed by atoms with van der Waals surface area (Å²) in [5, 5.41) is 3.42. The summed E-state index contributed by atoms with van der Waals surface area (Å²) < 4.78 is 1.64. The van der Waals surface area contributed by atoms with Crippen LogP contribution in [0.1, 0.15) is 51.0 Å². The van der Waals surface area contributed by atoms with Crippen LogP contribution in [-0.2, 0) is 17.8 Å². The van der Waals surface area contributed by atoms with Crippen molar-refractivity contribution in [1.82, 2.24) is 24.8 Å². The SMILES string of the molecule is CC[C@H](Sc1nc2nccnc2c(=O)n1CCc1ccccc1)C(=O)NC1CCCCC1. The molecule has 1 amide bonds. The van der Waals surface area contributed by atoms with Gasteiger partial charge < -0.3 is 5.32 Å². The van der Waals surface area contributed by atoms with Gasteiger partial charge in [0.15, 0.2) is 16.3 Å². The van der Waals surface area contributed by atoms with Gasteiger partial charge in [0.2, 0.25) is 5.91 Å². The predicted molar refractivity (Wildman–Crippen MR) is 127 cm³/mol. The summed E-state index contributed by atoms with van der Waals surface area (Å²) in [5.74, 6) is 0.0208. The van der Waals surface area contributed by atoms with Crippen LogP contribution in [0.3, 0.4) is 0 Å². The molecule has 0 aliphatic heterocycles. The third-order valence-corrected chi connectivity index (χ3v) is 7.24. The lowest BCUT2D eigenvalue weighted by atomic mass is 9.95. The Bertz CT molecular complexity index is 1110. The van der Waals surface area contributed by atoms with Crippen LogP contribution in [0.5, 0.6) is 0 Å². The average molecular weight is 452 g/mol. The summed E-state index contributed by atoms with van der Waals surface area (Å²) in [6.07, 6.45) is 10.0. The molecule has 0 saturated heterocycles. The van der Waals surface area contributed by atoms with Crippen molar-refractivity contribution < 1.29 is 4.79 Å². The molecule has 4 rings (SSSR count). The zero-order valence-electron chi connectivity index (χ0n) is 18.4. The number of aromatic nitrogens is 4. The van der Waals surface area contributed by atoms with Crippen molar-refractivity contribution in [3.05, 3.63) is 58.6 Å². The van der Waals surface area contributed by atoms with Gasteiger partial charge in [0, 0.05) is 25.0 Å². The number of amides is 1. The van der Waals surface area contributed by atoms with Crippen molar-refractivity contribution in [1.29, 1.82) is 0 Å². The lowest BCUT2D eigenvalue weighted by molar-refractivity contribution is -0.121. The number of carbonyl (C=O) groups is 1. The van der Waals surface area contributed by atoms with Crippen LogP contribution in [0.4, 0.5) is 0 Å². The second kappa shape index (κ2) is 10.7. The molecule has 1 saturated carbocycles. The standard InChI is InChI=1S/C24H29N5O2S/c1-2-19(22(30)27-18-11-7-4-8-12-18)32-24-28-21-20(25-14-15-26-21)23(31)29(24)16-13-17-9-5-3-6-10-17/h3,5-6,9-10,14-15,18-19H,2,4,7-8,11-13,16H2,1H3,(H,27,30)/t19-/m0/s1. The van der Waals surface area contributed by atoms with Crippen molar-refractivity contribution in [3.63, 3.8) is 0 Å². The lowest BCUT2D eigenvalue weighted by Crippen LogP contribution is -2.41. The number of hydrogen-bond donors (Lipinski definition) is 1. The minimum Gasteiger partial charge on any atom is -0.352 e. The van der Waals surface area contributed by atoms with E-state index in [9.17, 15) is 9.59 Å². The van der Waals surface area contributed by atoms with Gasteiger partial charge in [-0.1, -0.05) is 68.3 Å². The third kappa shape index (κ3) is 5.35. The van der Waals surface area contributed by atoms with Crippen LogP contribution in [0, 0.1) is 0 Å². The van der Waals surface area contributed by atoms with E-state index in [0.717, 1.165) is 18.4 Å². The van der Waals surface area contributed by atoms with Crippen LogP contribution < -0.4 is 10.9 Å². The molecular formula is C24H29N5O2S. The Balaban J connectivity index is 1.60. The number of thioether (sulfide) groups is 1. The van der Waals surface area contributed by atoms with Gasteiger partial charge in [0.1, 0.15) is 0 Å². The number of nitrogens with one attached hydrogen (secondary N) is 1. The second-order valence-corrected chi connectivity index (χ2v) is 9.34. The van der Waals surface area contributed by atoms with Crippen LogP contribution >= 0.6 is 11.8 Å². The monoisotopic (exact) mass is 451 g/mol. The molecule has 32 heavy (non-hydrogen) atoms. The molecule has 1 fully saturated rings. The minimum atomic E-state index is -0.319.